The molecule has 18 heavy (non-hydrogen) atoms. The average molecular weight is 250 g/mol. The van der Waals surface area contributed by atoms with E-state index in [2.05, 4.69) is 5.32 Å². The molecule has 96 valence electrons. The molecule has 2 aliphatic heterocycles. The van der Waals surface area contributed by atoms with E-state index in [1.165, 1.54) is 18.2 Å². The van der Waals surface area contributed by atoms with Gasteiger partial charge in [-0.2, -0.15) is 0 Å². The molecule has 0 aliphatic carbocycles. The zero-order valence-electron chi connectivity index (χ0n) is 9.90. The van der Waals surface area contributed by atoms with Crippen LogP contribution in [0.25, 0.3) is 0 Å². The van der Waals surface area contributed by atoms with Gasteiger partial charge in [0.1, 0.15) is 17.1 Å². The van der Waals surface area contributed by atoms with Crippen LogP contribution in [0.2, 0.25) is 0 Å². The summed E-state index contributed by atoms with van der Waals surface area (Å²) in [6, 6.07) is 3.93. The number of phenols is 1. The number of benzene rings is 1. The molecule has 2 N–H and O–H groups in total. The van der Waals surface area contributed by atoms with E-state index in [9.17, 15) is 14.3 Å². The van der Waals surface area contributed by atoms with Crippen molar-refractivity contribution in [1.82, 2.24) is 10.2 Å². The number of nitrogens with one attached hydrogen (secondary N) is 1. The summed E-state index contributed by atoms with van der Waals surface area (Å²) in [5.41, 5.74) is -0.203. The first-order valence-corrected chi connectivity index (χ1v) is 6.14. The molecular weight excluding hydrogens is 235 g/mol. The Morgan fingerprint density at radius 1 is 1.33 bits per heavy atom. The van der Waals surface area contributed by atoms with Crippen LogP contribution in [0.1, 0.15) is 10.4 Å². The largest absolute Gasteiger partial charge is 0.507 e. The fraction of sp³-hybridized carbons (Fsp3) is 0.462. The van der Waals surface area contributed by atoms with Crippen LogP contribution >= 0.6 is 0 Å². The maximum Gasteiger partial charge on any atom is 0.260 e. The Bertz CT molecular complexity index is 460. The van der Waals surface area contributed by atoms with Gasteiger partial charge in [0, 0.05) is 26.2 Å². The molecule has 3 rings (SSSR count). The van der Waals surface area contributed by atoms with Crippen LogP contribution < -0.4 is 5.32 Å². The van der Waals surface area contributed by atoms with E-state index in [0.29, 0.717) is 24.9 Å². The number of fused-ring (bicyclic) bond motifs is 1. The minimum Gasteiger partial charge on any atom is -0.507 e. The SMILES string of the molecule is O=C(c1c(O)cccc1F)N1C[C@H]2CNC[C@H]2C1. The van der Waals surface area contributed by atoms with E-state index in [1.54, 1.807) is 4.90 Å². The van der Waals surface area contributed by atoms with Crippen molar-refractivity contribution in [1.29, 1.82) is 0 Å². The minimum atomic E-state index is -0.657. The highest BCUT2D eigenvalue weighted by Gasteiger charge is 2.39. The fourth-order valence-corrected chi connectivity index (χ4v) is 2.90. The van der Waals surface area contributed by atoms with Crippen molar-refractivity contribution >= 4 is 5.91 Å². The summed E-state index contributed by atoms with van der Waals surface area (Å²) in [5, 5.41) is 12.9. The summed E-state index contributed by atoms with van der Waals surface area (Å²) >= 11 is 0. The molecule has 2 fully saturated rings. The Morgan fingerprint density at radius 2 is 2.00 bits per heavy atom. The van der Waals surface area contributed by atoms with Crippen LogP contribution in [-0.4, -0.2) is 42.1 Å². The Hall–Kier alpha value is -1.62. The summed E-state index contributed by atoms with van der Waals surface area (Å²) in [7, 11) is 0. The van der Waals surface area contributed by atoms with Crippen molar-refractivity contribution in [2.75, 3.05) is 26.2 Å². The Morgan fingerprint density at radius 3 is 2.61 bits per heavy atom. The number of amides is 1. The van der Waals surface area contributed by atoms with Gasteiger partial charge >= 0.3 is 0 Å². The zero-order valence-corrected chi connectivity index (χ0v) is 9.90. The maximum absolute atomic E-state index is 13.6. The van der Waals surface area contributed by atoms with Gasteiger partial charge in [-0.3, -0.25) is 4.79 Å². The highest BCUT2D eigenvalue weighted by atomic mass is 19.1. The lowest BCUT2D eigenvalue weighted by Gasteiger charge is -2.18. The molecule has 5 heteroatoms. The molecule has 2 atom stereocenters. The Kier molecular flexibility index (Phi) is 2.70. The summed E-state index contributed by atoms with van der Waals surface area (Å²) in [6.07, 6.45) is 0. The predicted molar refractivity (Wildman–Crippen MR) is 63.8 cm³/mol. The zero-order chi connectivity index (χ0) is 12.7. The predicted octanol–water partition coefficient (Wildman–Crippen LogP) is 0.823. The third kappa shape index (κ3) is 1.75. The second kappa shape index (κ2) is 4.24. The number of aromatic hydroxyl groups is 1. The first-order valence-electron chi connectivity index (χ1n) is 6.14. The average Bonchev–Trinajstić information content (AvgIpc) is 2.88. The number of phenolic OH excluding ortho intramolecular Hbond substituents is 1. The molecule has 4 nitrogen and oxygen atoms in total. The molecule has 1 aromatic rings. The van der Waals surface area contributed by atoms with Gasteiger partial charge in [-0.1, -0.05) is 6.07 Å². The molecular formula is C13H15FN2O2. The number of carbonyl (C=O) groups excluding carboxylic acids is 1. The highest BCUT2D eigenvalue weighted by molar-refractivity contribution is 5.97. The molecule has 0 bridgehead atoms. The molecule has 1 aromatic carbocycles. The lowest BCUT2D eigenvalue weighted by molar-refractivity contribution is 0.0774. The molecule has 0 saturated carbocycles. The van der Waals surface area contributed by atoms with E-state index in [4.69, 9.17) is 0 Å². The van der Waals surface area contributed by atoms with Gasteiger partial charge in [-0.15, -0.1) is 0 Å². The van der Waals surface area contributed by atoms with E-state index in [-0.39, 0.29) is 11.3 Å². The van der Waals surface area contributed by atoms with Crippen molar-refractivity contribution in [3.8, 4) is 5.75 Å². The molecule has 2 saturated heterocycles. The molecule has 0 aromatic heterocycles. The number of rotatable bonds is 1. The summed E-state index contributed by atoms with van der Waals surface area (Å²) in [4.78, 5) is 13.9. The molecule has 0 unspecified atom stereocenters. The number of halogens is 1. The summed E-state index contributed by atoms with van der Waals surface area (Å²) in [6.45, 7) is 3.12. The molecule has 0 radical (unpaired) electrons. The van der Waals surface area contributed by atoms with Crippen LogP contribution in [0.3, 0.4) is 0 Å². The van der Waals surface area contributed by atoms with Gasteiger partial charge in [-0.05, 0) is 24.0 Å². The van der Waals surface area contributed by atoms with Crippen LogP contribution in [0.4, 0.5) is 4.39 Å². The van der Waals surface area contributed by atoms with E-state index < -0.39 is 11.7 Å². The second-order valence-electron chi connectivity index (χ2n) is 5.02. The van der Waals surface area contributed by atoms with Crippen molar-refractivity contribution in [3.63, 3.8) is 0 Å². The Labute approximate surface area is 104 Å². The first kappa shape index (κ1) is 11.5. The monoisotopic (exact) mass is 250 g/mol. The third-order valence-corrected chi connectivity index (χ3v) is 3.88. The van der Waals surface area contributed by atoms with Crippen LogP contribution in [0.15, 0.2) is 18.2 Å². The third-order valence-electron chi connectivity index (χ3n) is 3.88. The number of nitrogens with zero attached hydrogens (tertiary/aromatic N) is 1. The topological polar surface area (TPSA) is 52.6 Å². The molecule has 2 aliphatic rings. The van der Waals surface area contributed by atoms with Crippen molar-refractivity contribution in [2.45, 2.75) is 0 Å². The van der Waals surface area contributed by atoms with Crippen LogP contribution in [-0.2, 0) is 0 Å². The normalized spacial score (nSPS) is 26.4. The lowest BCUT2D eigenvalue weighted by Crippen LogP contribution is -2.32. The van der Waals surface area contributed by atoms with Crippen LogP contribution in [0, 0.1) is 17.7 Å². The standard InChI is InChI=1S/C13H15FN2O2/c14-10-2-1-3-11(17)12(10)13(18)16-6-8-4-15-5-9(8)7-16/h1-3,8-9,15,17H,4-7H2/t8-,9+. The summed E-state index contributed by atoms with van der Waals surface area (Å²) < 4.78 is 13.6. The van der Waals surface area contributed by atoms with Gasteiger partial charge in [0.2, 0.25) is 0 Å². The maximum atomic E-state index is 13.6. The second-order valence-corrected chi connectivity index (χ2v) is 5.02. The van der Waals surface area contributed by atoms with Crippen molar-refractivity contribution < 1.29 is 14.3 Å². The van der Waals surface area contributed by atoms with Gasteiger partial charge in [0.15, 0.2) is 0 Å². The highest BCUT2D eigenvalue weighted by Crippen LogP contribution is 2.29. The minimum absolute atomic E-state index is 0.203. The van der Waals surface area contributed by atoms with Crippen molar-refractivity contribution in [2.24, 2.45) is 11.8 Å². The van der Waals surface area contributed by atoms with Crippen molar-refractivity contribution in [3.05, 3.63) is 29.6 Å². The van der Waals surface area contributed by atoms with Gasteiger partial charge < -0.3 is 15.3 Å². The number of hydrogen-bond donors (Lipinski definition) is 2. The first-order chi connectivity index (χ1) is 8.66. The Balaban J connectivity index is 1.83. The molecule has 0 spiro atoms. The van der Waals surface area contributed by atoms with Gasteiger partial charge in [0.25, 0.3) is 5.91 Å². The molecule has 2 heterocycles. The van der Waals surface area contributed by atoms with Gasteiger partial charge in [-0.25, -0.2) is 4.39 Å². The number of hydrogen-bond acceptors (Lipinski definition) is 3. The summed E-state index contributed by atoms with van der Waals surface area (Å²) in [5.74, 6) is -0.420. The molecule has 1 amide bonds. The van der Waals surface area contributed by atoms with Crippen LogP contribution in [0.5, 0.6) is 5.75 Å². The quantitative estimate of drug-likeness (QED) is 0.776. The van der Waals surface area contributed by atoms with E-state index >= 15 is 0 Å². The lowest BCUT2D eigenvalue weighted by atomic mass is 10.0. The smallest absolute Gasteiger partial charge is 0.260 e. The fourth-order valence-electron chi connectivity index (χ4n) is 2.90. The van der Waals surface area contributed by atoms with E-state index in [1.807, 2.05) is 0 Å². The number of likely N-dealkylation sites (tertiary alicyclic amines) is 1. The van der Waals surface area contributed by atoms with Gasteiger partial charge in [0.05, 0.1) is 0 Å². The van der Waals surface area contributed by atoms with E-state index in [0.717, 1.165) is 13.1 Å². The number of carbonyl (C=O) groups is 1.